The standard InChI is InChI=1S/C18H15ClN2O2S.C15H8ClFN2O2S.C15H9FN2O2S.C5H7ClN2O2.ClH/c1-10(2)11-5-6-16-13(8-11)14-9-15(19)12-4-3-7-20-17(12)18(14)21-24(16,22)23;16-12-7-11-10-6-8(17)3-4-13(10)22(20,21)19-15(11)14-9(12)2-1-5-18-14;16-10-4-6-13-12(8-10)11-5-3-9-2-1-7-17-14(9)15(11)18-21(13,19)20;1-5(2)3(9)8(6)4(10)7-5;/h3-10,21H,1-2H3;1-7,19H;1-8,18H;1-2H3,(H,7,10);1H. The molecule has 6 aromatic carbocycles. The summed E-state index contributed by atoms with van der Waals surface area (Å²) < 4.78 is 110. The molecule has 4 aliphatic heterocycles. The van der Waals surface area contributed by atoms with Crippen LogP contribution in [0.15, 0.2) is 149 Å². The molecule has 16 nitrogen and oxygen atoms in total. The van der Waals surface area contributed by atoms with Crippen molar-refractivity contribution >= 4 is 139 Å². The molecular formula is C53H40Cl4F2N8O8S3. The van der Waals surface area contributed by atoms with Crippen LogP contribution in [0.25, 0.3) is 66.1 Å². The van der Waals surface area contributed by atoms with Crippen molar-refractivity contribution in [3.63, 3.8) is 0 Å². The third-order valence-electron chi connectivity index (χ3n) is 12.8. The lowest BCUT2D eigenvalue weighted by Crippen LogP contribution is -2.39. The lowest BCUT2D eigenvalue weighted by atomic mass is 9.95. The summed E-state index contributed by atoms with van der Waals surface area (Å²) in [5, 5.41) is 5.56. The smallest absolute Gasteiger partial charge is 0.323 e. The molecule has 0 radical (unpaired) electrons. The highest BCUT2D eigenvalue weighted by Gasteiger charge is 2.44. The number of nitrogens with zero attached hydrogens (tertiary/aromatic N) is 4. The number of nitrogens with one attached hydrogen (secondary N) is 4. The number of halogens is 6. The van der Waals surface area contributed by atoms with Crippen LogP contribution in [0, 0.1) is 11.6 Å². The van der Waals surface area contributed by atoms with Crippen molar-refractivity contribution in [2.75, 3.05) is 14.2 Å². The third-order valence-corrected chi connectivity index (χ3v) is 17.9. The number of imide groups is 1. The van der Waals surface area contributed by atoms with Crippen molar-refractivity contribution < 1.29 is 43.6 Å². The van der Waals surface area contributed by atoms with E-state index in [-0.39, 0.29) is 32.7 Å². The first-order valence-electron chi connectivity index (χ1n) is 23.0. The van der Waals surface area contributed by atoms with E-state index in [1.54, 1.807) is 74.9 Å². The first-order valence-corrected chi connectivity index (χ1v) is 28.6. The molecule has 0 aliphatic carbocycles. The molecule has 1 saturated heterocycles. The van der Waals surface area contributed by atoms with Crippen molar-refractivity contribution in [1.29, 1.82) is 0 Å². The van der Waals surface area contributed by atoms with Crippen LogP contribution in [-0.2, 0) is 34.9 Å². The Labute approximate surface area is 466 Å². The quantitative estimate of drug-likeness (QED) is 0.0893. The number of anilines is 3. The summed E-state index contributed by atoms with van der Waals surface area (Å²) in [6, 6.07) is 29.9. The average molecular weight is 1190 g/mol. The number of pyridine rings is 3. The monoisotopic (exact) mass is 1190 g/mol. The fraction of sp³-hybridized carbons (Fsp3) is 0.113. The van der Waals surface area contributed by atoms with Crippen LogP contribution >= 0.6 is 47.4 Å². The van der Waals surface area contributed by atoms with Crippen molar-refractivity contribution in [2.45, 2.75) is 53.8 Å². The Bertz CT molecular complexity index is 4390. The van der Waals surface area contributed by atoms with Crippen LogP contribution in [0.3, 0.4) is 0 Å². The van der Waals surface area contributed by atoms with Crippen molar-refractivity contribution in [2.24, 2.45) is 0 Å². The van der Waals surface area contributed by atoms with E-state index in [2.05, 4.69) is 48.3 Å². The van der Waals surface area contributed by atoms with E-state index in [9.17, 15) is 43.6 Å². The van der Waals surface area contributed by atoms with E-state index >= 15 is 0 Å². The number of urea groups is 1. The molecule has 4 N–H and O–H groups in total. The minimum atomic E-state index is -3.78. The number of hydrogen-bond donors (Lipinski definition) is 4. The Balaban J connectivity index is 0.000000130. The number of fused-ring (bicyclic) bond motifs is 15. The molecule has 0 saturated carbocycles. The van der Waals surface area contributed by atoms with Crippen LogP contribution in [0.1, 0.15) is 39.2 Å². The maximum Gasteiger partial charge on any atom is 0.340 e. The van der Waals surface area contributed by atoms with Crippen LogP contribution in [-0.4, -0.2) is 62.1 Å². The van der Waals surface area contributed by atoms with E-state index in [0.717, 1.165) is 34.0 Å². The highest BCUT2D eigenvalue weighted by atomic mass is 35.5. The lowest BCUT2D eigenvalue weighted by molar-refractivity contribution is -0.126. The van der Waals surface area contributed by atoms with Gasteiger partial charge in [-0.15, -0.1) is 12.4 Å². The van der Waals surface area contributed by atoms with Gasteiger partial charge >= 0.3 is 6.03 Å². The second-order valence-corrected chi connectivity index (χ2v) is 24.7. The van der Waals surface area contributed by atoms with Crippen LogP contribution in [0.5, 0.6) is 0 Å². The third kappa shape index (κ3) is 9.99. The number of hydrogen-bond acceptors (Lipinski definition) is 11. The van der Waals surface area contributed by atoms with Crippen LogP contribution in [0.4, 0.5) is 30.6 Å². The zero-order chi connectivity index (χ0) is 55.1. The minimum Gasteiger partial charge on any atom is -0.323 e. The van der Waals surface area contributed by atoms with Gasteiger partial charge in [0.05, 0.1) is 58.3 Å². The highest BCUT2D eigenvalue weighted by molar-refractivity contribution is 7.93. The zero-order valence-electron chi connectivity index (χ0n) is 40.9. The minimum absolute atomic E-state index is 0. The summed E-state index contributed by atoms with van der Waals surface area (Å²) in [7, 11) is -11.1. The summed E-state index contributed by atoms with van der Waals surface area (Å²) in [6.07, 6.45) is 4.78. The number of carbonyl (C=O) groups excluding carboxylic acids is 2. The molecule has 9 aromatic rings. The molecule has 400 valence electrons. The molecule has 4 aliphatic rings. The molecule has 13 rings (SSSR count). The van der Waals surface area contributed by atoms with Gasteiger partial charge in [0.1, 0.15) is 17.2 Å². The predicted molar refractivity (Wildman–Crippen MR) is 301 cm³/mol. The Kier molecular flexibility index (Phi) is 14.6. The Morgan fingerprint density at radius 1 is 0.538 bits per heavy atom. The second kappa shape index (κ2) is 20.5. The summed E-state index contributed by atoms with van der Waals surface area (Å²) in [5.41, 5.74) is 6.19. The van der Waals surface area contributed by atoms with Gasteiger partial charge in [0.2, 0.25) is 0 Å². The van der Waals surface area contributed by atoms with E-state index in [1.165, 1.54) is 24.3 Å². The molecule has 0 atom stereocenters. The van der Waals surface area contributed by atoms with Gasteiger partial charge in [-0.05, 0) is 116 Å². The zero-order valence-corrected chi connectivity index (χ0v) is 46.4. The highest BCUT2D eigenvalue weighted by Crippen LogP contribution is 2.47. The van der Waals surface area contributed by atoms with Gasteiger partial charge in [-0.1, -0.05) is 61.3 Å². The fourth-order valence-electron chi connectivity index (χ4n) is 9.03. The lowest BCUT2D eigenvalue weighted by Gasteiger charge is -2.24. The van der Waals surface area contributed by atoms with Gasteiger partial charge in [0.15, 0.2) is 0 Å². The van der Waals surface area contributed by atoms with E-state index < -0.39 is 59.2 Å². The molecule has 7 heterocycles. The molecule has 3 aromatic heterocycles. The topological polar surface area (TPSA) is 227 Å². The number of benzene rings is 6. The van der Waals surface area contributed by atoms with Crippen molar-refractivity contribution in [1.82, 2.24) is 24.7 Å². The predicted octanol–water partition coefficient (Wildman–Crippen LogP) is 12.6. The van der Waals surface area contributed by atoms with Crippen LogP contribution < -0.4 is 19.5 Å². The molecule has 25 heteroatoms. The Hall–Kier alpha value is -7.24. The number of sulfonamides is 3. The first kappa shape index (κ1) is 55.5. The summed E-state index contributed by atoms with van der Waals surface area (Å²) >= 11 is 17.9. The molecule has 0 unspecified atom stereocenters. The van der Waals surface area contributed by atoms with Gasteiger partial charge in [0, 0.05) is 79.9 Å². The van der Waals surface area contributed by atoms with Crippen molar-refractivity contribution in [3.8, 4) is 33.4 Å². The molecule has 78 heavy (non-hydrogen) atoms. The molecule has 1 fully saturated rings. The first-order chi connectivity index (χ1) is 36.4. The average Bonchev–Trinajstić information content (AvgIpc) is 3.64. The second-order valence-electron chi connectivity index (χ2n) is 18.6. The Morgan fingerprint density at radius 2 is 0.962 bits per heavy atom. The maximum atomic E-state index is 13.6. The van der Waals surface area contributed by atoms with Crippen molar-refractivity contribution in [3.05, 3.63) is 161 Å². The maximum absolute atomic E-state index is 13.6. The number of amides is 3. The largest absolute Gasteiger partial charge is 0.340 e. The number of carbonyl (C=O) groups is 2. The van der Waals surface area contributed by atoms with E-state index in [4.69, 9.17) is 35.0 Å². The SMILES string of the molecule is CC(C)c1ccc2c(c1)-c1cc(Cl)c3cccnc3c1NS2(=O)=O.CC1(C)NC(=O)N(Cl)C1=O.Cl.O=S1(=O)Nc2c(cc(Cl)c3cccnc23)-c2cc(F)ccc21.O=S1(=O)Nc2c(ccc3cccnc23)-c2cc(F)ccc21. The molecular weight excluding hydrogens is 1150 g/mol. The van der Waals surface area contributed by atoms with Crippen LogP contribution in [0.2, 0.25) is 10.0 Å². The number of rotatable bonds is 1. The molecule has 3 amide bonds. The summed E-state index contributed by atoms with van der Waals surface area (Å²) in [6.45, 7) is 7.34. The molecule has 0 spiro atoms. The fourth-order valence-corrected chi connectivity index (χ4v) is 13.7. The van der Waals surface area contributed by atoms with E-state index in [0.29, 0.717) is 81.6 Å². The van der Waals surface area contributed by atoms with Gasteiger partial charge < -0.3 is 5.32 Å². The van der Waals surface area contributed by atoms with Gasteiger partial charge in [-0.25, -0.2) is 38.8 Å². The van der Waals surface area contributed by atoms with Gasteiger partial charge in [-0.3, -0.25) is 33.9 Å². The van der Waals surface area contributed by atoms with Gasteiger partial charge in [-0.2, -0.15) is 4.42 Å². The number of aromatic nitrogens is 3. The summed E-state index contributed by atoms with van der Waals surface area (Å²) in [4.78, 5) is 34.8. The normalized spacial score (nSPS) is 15.9. The van der Waals surface area contributed by atoms with Gasteiger partial charge in [0.25, 0.3) is 36.0 Å². The molecule has 0 bridgehead atoms. The van der Waals surface area contributed by atoms with E-state index in [1.807, 2.05) is 36.4 Å². The Morgan fingerprint density at radius 3 is 1.40 bits per heavy atom. The summed E-state index contributed by atoms with van der Waals surface area (Å²) in [5.74, 6) is -1.11.